The number of aromatic amines is 1. The number of hydrogen-bond acceptors (Lipinski definition) is 9. The number of rotatable bonds is 5. The fourth-order valence-corrected chi connectivity index (χ4v) is 5.80. The first-order valence-corrected chi connectivity index (χ1v) is 12.2. The van der Waals surface area contributed by atoms with Crippen LogP contribution < -0.4 is 10.9 Å². The lowest BCUT2D eigenvalue weighted by Crippen LogP contribution is -2.35. The lowest BCUT2D eigenvalue weighted by molar-refractivity contribution is -0.158. The highest BCUT2D eigenvalue weighted by molar-refractivity contribution is 7.98. The highest BCUT2D eigenvalue weighted by atomic mass is 32.2. The minimum atomic E-state index is -0.717. The molecule has 1 saturated heterocycles. The Hall–Kier alpha value is -1.98. The molecule has 0 amide bonds. The minimum Gasteiger partial charge on any atom is -0.396 e. The molecule has 1 aliphatic carbocycles. The average Bonchev–Trinajstić information content (AvgIpc) is 3.38. The molecular weight excluding hydrogens is 436 g/mol. The third kappa shape index (κ3) is 3.76. The van der Waals surface area contributed by atoms with Gasteiger partial charge in [-0.3, -0.25) is 4.79 Å². The zero-order valence-corrected chi connectivity index (χ0v) is 19.0. The molecule has 8 nitrogen and oxygen atoms in total. The van der Waals surface area contributed by atoms with Crippen molar-refractivity contribution in [2.24, 2.45) is 5.92 Å². The van der Waals surface area contributed by atoms with Crippen molar-refractivity contribution in [2.45, 2.75) is 49.5 Å². The molecule has 2 aliphatic rings. The van der Waals surface area contributed by atoms with E-state index >= 15 is 0 Å². The van der Waals surface area contributed by atoms with E-state index in [0.29, 0.717) is 28.0 Å². The summed E-state index contributed by atoms with van der Waals surface area (Å²) in [7, 11) is 0. The SMILES string of the molecule is CSc1nc(N[C@@H]2C[C@H](CO)[C@H]3OC(C)(C)O[C@H]32)c(-c2nc3ccccc3s2)c(=O)[nH]1. The fraction of sp³-hybridized carbons (Fsp3) is 0.476. The fourth-order valence-electron chi connectivity index (χ4n) is 4.41. The molecule has 2 fully saturated rings. The molecule has 1 aromatic carbocycles. The van der Waals surface area contributed by atoms with Crippen LogP contribution in [0.15, 0.2) is 34.2 Å². The molecule has 4 atom stereocenters. The van der Waals surface area contributed by atoms with Gasteiger partial charge in [0.1, 0.15) is 22.5 Å². The molecule has 164 valence electrons. The van der Waals surface area contributed by atoms with E-state index < -0.39 is 5.79 Å². The Balaban J connectivity index is 1.56. The number of anilines is 1. The lowest BCUT2D eigenvalue weighted by atomic mass is 10.1. The van der Waals surface area contributed by atoms with Crippen LogP contribution in [-0.4, -0.2) is 57.0 Å². The van der Waals surface area contributed by atoms with Crippen LogP contribution >= 0.6 is 23.1 Å². The van der Waals surface area contributed by atoms with Gasteiger partial charge in [0.15, 0.2) is 10.9 Å². The smallest absolute Gasteiger partial charge is 0.264 e. The van der Waals surface area contributed by atoms with Crippen LogP contribution in [0.25, 0.3) is 20.8 Å². The number of thioether (sulfide) groups is 1. The second-order valence-electron chi connectivity index (χ2n) is 8.28. The first-order chi connectivity index (χ1) is 14.9. The number of ether oxygens (including phenoxy) is 2. The van der Waals surface area contributed by atoms with Crippen LogP contribution in [-0.2, 0) is 9.47 Å². The molecule has 10 heteroatoms. The number of fused-ring (bicyclic) bond motifs is 2. The Kier molecular flexibility index (Phi) is 5.30. The highest BCUT2D eigenvalue weighted by Crippen LogP contribution is 2.43. The van der Waals surface area contributed by atoms with Crippen LogP contribution in [0.2, 0.25) is 0 Å². The van der Waals surface area contributed by atoms with Gasteiger partial charge in [0.05, 0.1) is 22.4 Å². The van der Waals surface area contributed by atoms with E-state index in [1.54, 1.807) is 0 Å². The molecule has 3 N–H and O–H groups in total. The number of nitrogens with one attached hydrogen (secondary N) is 2. The average molecular weight is 461 g/mol. The molecule has 0 unspecified atom stereocenters. The first-order valence-electron chi connectivity index (χ1n) is 10.2. The molecule has 31 heavy (non-hydrogen) atoms. The van der Waals surface area contributed by atoms with Crippen LogP contribution in [0.4, 0.5) is 5.82 Å². The van der Waals surface area contributed by atoms with Gasteiger partial charge in [-0.1, -0.05) is 23.9 Å². The summed E-state index contributed by atoms with van der Waals surface area (Å²) in [5.74, 6) is -0.287. The third-order valence-electron chi connectivity index (χ3n) is 5.74. The van der Waals surface area contributed by atoms with Crippen molar-refractivity contribution in [3.8, 4) is 10.6 Å². The summed E-state index contributed by atoms with van der Waals surface area (Å²) < 4.78 is 13.2. The Bertz CT molecular complexity index is 1140. The predicted octanol–water partition coefficient (Wildman–Crippen LogP) is 3.08. The monoisotopic (exact) mass is 460 g/mol. The van der Waals surface area contributed by atoms with Crippen molar-refractivity contribution in [1.82, 2.24) is 15.0 Å². The van der Waals surface area contributed by atoms with Gasteiger partial charge in [0.25, 0.3) is 5.56 Å². The van der Waals surface area contributed by atoms with E-state index in [9.17, 15) is 9.90 Å². The maximum Gasteiger partial charge on any atom is 0.264 e. The van der Waals surface area contributed by atoms with Gasteiger partial charge in [0.2, 0.25) is 0 Å². The summed E-state index contributed by atoms with van der Waals surface area (Å²) in [5.41, 5.74) is 1.02. The molecular formula is C21H24N4O4S2. The molecule has 0 bridgehead atoms. The van der Waals surface area contributed by atoms with Crippen molar-refractivity contribution >= 4 is 39.1 Å². The van der Waals surface area contributed by atoms with Crippen LogP contribution in [0.3, 0.4) is 0 Å². The van der Waals surface area contributed by atoms with E-state index in [-0.39, 0.29) is 36.3 Å². The Labute approximate surface area is 187 Å². The second kappa shape index (κ2) is 7.86. The molecule has 1 saturated carbocycles. The van der Waals surface area contributed by atoms with Crippen LogP contribution in [0.5, 0.6) is 0 Å². The lowest BCUT2D eigenvalue weighted by Gasteiger charge is -2.24. The number of aromatic nitrogens is 3. The van der Waals surface area contributed by atoms with E-state index in [0.717, 1.165) is 10.2 Å². The van der Waals surface area contributed by atoms with E-state index in [2.05, 4.69) is 20.3 Å². The summed E-state index contributed by atoms with van der Waals surface area (Å²) >= 11 is 2.83. The number of thiazole rings is 1. The van der Waals surface area contributed by atoms with Gasteiger partial charge in [-0.2, -0.15) is 0 Å². The topological polar surface area (TPSA) is 109 Å². The molecule has 2 aromatic heterocycles. The summed E-state index contributed by atoms with van der Waals surface area (Å²) in [5, 5.41) is 14.4. The normalized spacial score (nSPS) is 27.0. The zero-order valence-electron chi connectivity index (χ0n) is 17.4. The molecule has 3 aromatic rings. The van der Waals surface area contributed by atoms with Crippen molar-refractivity contribution in [3.63, 3.8) is 0 Å². The number of para-hydroxylation sites is 1. The maximum atomic E-state index is 13.0. The maximum absolute atomic E-state index is 13.0. The van der Waals surface area contributed by atoms with Gasteiger partial charge in [0, 0.05) is 12.5 Å². The molecule has 0 spiro atoms. The molecule has 0 radical (unpaired) electrons. The summed E-state index contributed by atoms with van der Waals surface area (Å²) in [6.45, 7) is 3.77. The standard InChI is InChI=1S/C21H24N4O4S2/c1-21(2)28-15-10(9-26)8-12(16(15)29-21)22-17-14(18(27)25-20(24-17)30-3)19-23-11-6-4-5-7-13(11)31-19/h4-7,10,12,15-16,26H,8-9H2,1-3H3,(H2,22,24,25,27)/t10-,12-,15-,16+/m1/s1. The van der Waals surface area contributed by atoms with Crippen LogP contribution in [0.1, 0.15) is 20.3 Å². The summed E-state index contributed by atoms with van der Waals surface area (Å²) in [4.78, 5) is 25.2. The van der Waals surface area contributed by atoms with E-state index in [1.165, 1.54) is 23.1 Å². The molecule has 1 aliphatic heterocycles. The number of benzene rings is 1. The summed E-state index contributed by atoms with van der Waals surface area (Å²) in [6.07, 6.45) is 2.08. The van der Waals surface area contributed by atoms with Gasteiger partial charge < -0.3 is 24.9 Å². The van der Waals surface area contributed by atoms with E-state index in [1.807, 2.05) is 44.4 Å². The van der Waals surface area contributed by atoms with Crippen molar-refractivity contribution in [1.29, 1.82) is 0 Å². The van der Waals surface area contributed by atoms with E-state index in [4.69, 9.17) is 9.47 Å². The number of nitrogens with zero attached hydrogens (tertiary/aromatic N) is 2. The summed E-state index contributed by atoms with van der Waals surface area (Å²) in [6, 6.07) is 7.65. The molecule has 3 heterocycles. The predicted molar refractivity (Wildman–Crippen MR) is 122 cm³/mol. The number of hydrogen-bond donors (Lipinski definition) is 3. The van der Waals surface area contributed by atoms with Crippen molar-refractivity contribution in [2.75, 3.05) is 18.2 Å². The van der Waals surface area contributed by atoms with Gasteiger partial charge in [-0.25, -0.2) is 9.97 Å². The van der Waals surface area contributed by atoms with Crippen molar-refractivity contribution < 1.29 is 14.6 Å². The third-order valence-corrected chi connectivity index (χ3v) is 7.37. The highest BCUT2D eigenvalue weighted by Gasteiger charge is 2.54. The van der Waals surface area contributed by atoms with Gasteiger partial charge >= 0.3 is 0 Å². The number of aliphatic hydroxyl groups is 1. The second-order valence-corrected chi connectivity index (χ2v) is 10.1. The Morgan fingerprint density at radius 2 is 2.06 bits per heavy atom. The number of aliphatic hydroxyl groups excluding tert-OH is 1. The first kappa shape index (κ1) is 20.9. The molecule has 5 rings (SSSR count). The van der Waals surface area contributed by atoms with Gasteiger partial charge in [-0.15, -0.1) is 11.3 Å². The number of H-pyrrole nitrogens is 1. The quantitative estimate of drug-likeness (QED) is 0.394. The Morgan fingerprint density at radius 1 is 1.29 bits per heavy atom. The zero-order chi connectivity index (χ0) is 21.8. The Morgan fingerprint density at radius 3 is 2.81 bits per heavy atom. The minimum absolute atomic E-state index is 0.0162. The van der Waals surface area contributed by atoms with Crippen molar-refractivity contribution in [3.05, 3.63) is 34.6 Å². The van der Waals surface area contributed by atoms with Gasteiger partial charge in [-0.05, 0) is 38.7 Å². The van der Waals surface area contributed by atoms with Crippen LogP contribution in [0, 0.1) is 5.92 Å². The largest absolute Gasteiger partial charge is 0.396 e.